The van der Waals surface area contributed by atoms with Crippen LogP contribution in [-0.4, -0.2) is 19.5 Å². The largest absolute Gasteiger partial charge is 0.309 e. The molecule has 4 nitrogen and oxygen atoms in total. The number of rotatable bonds is 5. The molecule has 240 valence electrons. The molecule has 3 heterocycles. The zero-order chi connectivity index (χ0) is 33.9. The first-order chi connectivity index (χ1) is 25.2. The molecule has 0 spiro atoms. The molecule has 7 aromatic carbocycles. The summed E-state index contributed by atoms with van der Waals surface area (Å²) in [5.74, 6) is 1.37. The first kappa shape index (κ1) is 29.4. The molecule has 0 saturated heterocycles. The quantitative estimate of drug-likeness (QED) is 0.182. The van der Waals surface area contributed by atoms with E-state index < -0.39 is 0 Å². The molecule has 0 aliphatic rings. The maximum atomic E-state index is 15.9. The van der Waals surface area contributed by atoms with Crippen molar-refractivity contribution in [1.82, 2.24) is 19.5 Å². The van der Waals surface area contributed by atoms with Crippen LogP contribution in [0.15, 0.2) is 164 Å². The van der Waals surface area contributed by atoms with E-state index in [0.717, 1.165) is 49.7 Å². The van der Waals surface area contributed by atoms with E-state index in [2.05, 4.69) is 71.3 Å². The molecule has 10 aromatic rings. The van der Waals surface area contributed by atoms with Gasteiger partial charge in [-0.25, -0.2) is 19.3 Å². The summed E-state index contributed by atoms with van der Waals surface area (Å²) in [6, 6.07) is 54.6. The van der Waals surface area contributed by atoms with Crippen LogP contribution in [0.2, 0.25) is 0 Å². The summed E-state index contributed by atoms with van der Waals surface area (Å²) in [5.41, 5.74) is 6.79. The predicted octanol–water partition coefficient (Wildman–Crippen LogP) is 12.1. The minimum Gasteiger partial charge on any atom is -0.309 e. The number of halogens is 1. The average Bonchev–Trinajstić information content (AvgIpc) is 3.72. The lowest BCUT2D eigenvalue weighted by molar-refractivity contribution is 0.631. The third-order valence-electron chi connectivity index (χ3n) is 9.53. The highest BCUT2D eigenvalue weighted by Crippen LogP contribution is 2.43. The number of hydrogen-bond acceptors (Lipinski definition) is 4. The summed E-state index contributed by atoms with van der Waals surface area (Å²) in [5, 5.41) is 4.80. The van der Waals surface area contributed by atoms with E-state index in [0.29, 0.717) is 23.0 Å². The molecule has 51 heavy (non-hydrogen) atoms. The summed E-state index contributed by atoms with van der Waals surface area (Å²) in [4.78, 5) is 14.8. The number of aromatic nitrogens is 4. The Morgan fingerprint density at radius 3 is 1.75 bits per heavy atom. The maximum Gasteiger partial charge on any atom is 0.164 e. The van der Waals surface area contributed by atoms with E-state index in [-0.39, 0.29) is 5.82 Å². The Hall–Kier alpha value is -6.50. The SMILES string of the molecule is Fc1ccccc1-c1cc(-c2nc(-c3ccccc3)nc(-c3ccccc3)n2)ccc1-n1c2ccccc2c2cc3c(cc21)sc1ccccc13. The van der Waals surface area contributed by atoms with Gasteiger partial charge in [0.2, 0.25) is 0 Å². The Labute approximate surface area is 296 Å². The molecule has 0 saturated carbocycles. The first-order valence-corrected chi connectivity index (χ1v) is 17.6. The molecule has 3 aromatic heterocycles. The molecule has 0 bridgehead atoms. The smallest absolute Gasteiger partial charge is 0.164 e. The third kappa shape index (κ3) is 4.91. The van der Waals surface area contributed by atoms with Gasteiger partial charge in [0.1, 0.15) is 5.82 Å². The lowest BCUT2D eigenvalue weighted by atomic mass is 9.99. The molecule has 0 aliphatic carbocycles. The van der Waals surface area contributed by atoms with Gasteiger partial charge in [0.15, 0.2) is 17.5 Å². The highest BCUT2D eigenvalue weighted by molar-refractivity contribution is 7.25. The molecule has 0 N–H and O–H groups in total. The minimum atomic E-state index is -0.297. The average molecular weight is 675 g/mol. The van der Waals surface area contributed by atoms with E-state index in [9.17, 15) is 0 Å². The maximum absolute atomic E-state index is 15.9. The summed E-state index contributed by atoms with van der Waals surface area (Å²) in [6.07, 6.45) is 0. The summed E-state index contributed by atoms with van der Waals surface area (Å²) < 4.78 is 20.7. The van der Waals surface area contributed by atoms with Crippen molar-refractivity contribution in [1.29, 1.82) is 0 Å². The Kier molecular flexibility index (Phi) is 6.82. The lowest BCUT2D eigenvalue weighted by Gasteiger charge is -2.16. The predicted molar refractivity (Wildman–Crippen MR) is 209 cm³/mol. The van der Waals surface area contributed by atoms with Crippen LogP contribution in [0.1, 0.15) is 0 Å². The second-order valence-corrected chi connectivity index (χ2v) is 13.7. The van der Waals surface area contributed by atoms with Crippen molar-refractivity contribution in [2.45, 2.75) is 0 Å². The molecule has 0 amide bonds. The summed E-state index contributed by atoms with van der Waals surface area (Å²) in [7, 11) is 0. The van der Waals surface area contributed by atoms with E-state index in [1.54, 1.807) is 17.4 Å². The van der Waals surface area contributed by atoms with Crippen LogP contribution in [0.3, 0.4) is 0 Å². The van der Waals surface area contributed by atoms with Crippen LogP contribution in [0.25, 0.3) is 93.0 Å². The van der Waals surface area contributed by atoms with Gasteiger partial charge in [0, 0.05) is 58.8 Å². The van der Waals surface area contributed by atoms with Gasteiger partial charge in [-0.15, -0.1) is 11.3 Å². The number of benzene rings is 7. The molecule has 0 unspecified atom stereocenters. The van der Waals surface area contributed by atoms with Gasteiger partial charge in [0.25, 0.3) is 0 Å². The summed E-state index contributed by atoms with van der Waals surface area (Å²) >= 11 is 1.80. The second-order valence-electron chi connectivity index (χ2n) is 12.6. The molecule has 10 rings (SSSR count). The fraction of sp³-hybridized carbons (Fsp3) is 0. The van der Waals surface area contributed by atoms with Gasteiger partial charge in [-0.2, -0.15) is 0 Å². The van der Waals surface area contributed by atoms with Crippen LogP contribution in [0.5, 0.6) is 0 Å². The number of thiophene rings is 1. The first-order valence-electron chi connectivity index (χ1n) is 16.8. The van der Waals surface area contributed by atoms with E-state index in [1.807, 2.05) is 84.9 Å². The molecule has 6 heteroatoms. The molecular weight excluding hydrogens is 648 g/mol. The van der Waals surface area contributed by atoms with Crippen LogP contribution in [0, 0.1) is 5.82 Å². The Morgan fingerprint density at radius 1 is 0.412 bits per heavy atom. The molecular formula is C45H27FN4S. The van der Waals surface area contributed by atoms with E-state index in [1.165, 1.54) is 26.2 Å². The number of para-hydroxylation sites is 1. The highest BCUT2D eigenvalue weighted by Gasteiger charge is 2.21. The number of fused-ring (bicyclic) bond motifs is 6. The molecule has 0 atom stereocenters. The van der Waals surface area contributed by atoms with Crippen molar-refractivity contribution in [2.75, 3.05) is 0 Å². The third-order valence-corrected chi connectivity index (χ3v) is 10.7. The Morgan fingerprint density at radius 2 is 1.02 bits per heavy atom. The van der Waals surface area contributed by atoms with Crippen molar-refractivity contribution >= 4 is 53.3 Å². The van der Waals surface area contributed by atoms with E-state index >= 15 is 4.39 Å². The van der Waals surface area contributed by atoms with Gasteiger partial charge in [-0.1, -0.05) is 115 Å². The Balaban J connectivity index is 1.25. The second kappa shape index (κ2) is 11.8. The fourth-order valence-electron chi connectivity index (χ4n) is 7.15. The van der Waals surface area contributed by atoms with Gasteiger partial charge >= 0.3 is 0 Å². The van der Waals surface area contributed by atoms with Crippen molar-refractivity contribution in [2.24, 2.45) is 0 Å². The van der Waals surface area contributed by atoms with Gasteiger partial charge in [-0.3, -0.25) is 0 Å². The molecule has 0 aliphatic heterocycles. The van der Waals surface area contributed by atoms with Gasteiger partial charge in [-0.05, 0) is 48.5 Å². The van der Waals surface area contributed by atoms with Gasteiger partial charge in [0.05, 0.1) is 16.7 Å². The van der Waals surface area contributed by atoms with Crippen molar-refractivity contribution in [3.8, 4) is 51.0 Å². The van der Waals surface area contributed by atoms with Crippen LogP contribution in [-0.2, 0) is 0 Å². The zero-order valence-electron chi connectivity index (χ0n) is 27.2. The monoisotopic (exact) mass is 674 g/mol. The normalized spacial score (nSPS) is 11.6. The van der Waals surface area contributed by atoms with Crippen molar-refractivity contribution < 1.29 is 4.39 Å². The van der Waals surface area contributed by atoms with Crippen LogP contribution >= 0.6 is 11.3 Å². The zero-order valence-corrected chi connectivity index (χ0v) is 28.0. The molecule has 0 radical (unpaired) electrons. The Bertz CT molecular complexity index is 2870. The highest BCUT2D eigenvalue weighted by atomic mass is 32.1. The topological polar surface area (TPSA) is 43.6 Å². The van der Waals surface area contributed by atoms with Crippen molar-refractivity contribution in [3.63, 3.8) is 0 Å². The van der Waals surface area contributed by atoms with Crippen LogP contribution in [0.4, 0.5) is 4.39 Å². The standard InChI is InChI=1S/C45H27FN4S/c46-37-20-10-7-17-31(37)34-25-30(45-48-43(28-13-3-1-4-14-28)47-44(49-45)29-15-5-2-6-16-29)23-24-39(34)50-38-21-11-8-18-32(38)35-26-36-33-19-9-12-22-41(33)51-42(36)27-40(35)50/h1-27H. The number of hydrogen-bond donors (Lipinski definition) is 0. The van der Waals surface area contributed by atoms with Crippen molar-refractivity contribution in [3.05, 3.63) is 170 Å². The minimum absolute atomic E-state index is 0.297. The molecule has 0 fully saturated rings. The van der Waals surface area contributed by atoms with E-state index in [4.69, 9.17) is 15.0 Å². The van der Waals surface area contributed by atoms with Crippen LogP contribution < -0.4 is 0 Å². The number of nitrogens with zero attached hydrogens (tertiary/aromatic N) is 4. The lowest BCUT2D eigenvalue weighted by Crippen LogP contribution is -2.02. The fourth-order valence-corrected chi connectivity index (χ4v) is 8.27. The van der Waals surface area contributed by atoms with Gasteiger partial charge < -0.3 is 4.57 Å². The summed E-state index contributed by atoms with van der Waals surface area (Å²) in [6.45, 7) is 0.